The number of rotatable bonds is 7. The summed E-state index contributed by atoms with van der Waals surface area (Å²) in [6.07, 6.45) is 2.47. The average molecular weight is 385 g/mol. The number of amides is 1. The van der Waals surface area contributed by atoms with Gasteiger partial charge in [-0.1, -0.05) is 12.1 Å². The van der Waals surface area contributed by atoms with E-state index in [0.717, 1.165) is 18.7 Å². The van der Waals surface area contributed by atoms with Gasteiger partial charge in [0.1, 0.15) is 11.4 Å². The van der Waals surface area contributed by atoms with Crippen molar-refractivity contribution in [3.63, 3.8) is 0 Å². The summed E-state index contributed by atoms with van der Waals surface area (Å²) in [5.74, 6) is -0.0839. The number of hydrogen-bond acceptors (Lipinski definition) is 5. The predicted octanol–water partition coefficient (Wildman–Crippen LogP) is 2.67. The fourth-order valence-corrected chi connectivity index (χ4v) is 3.69. The first-order valence-electron chi connectivity index (χ1n) is 9.66. The minimum Gasteiger partial charge on any atom is -0.350 e. The van der Waals surface area contributed by atoms with Crippen LogP contribution in [0, 0.1) is 24.0 Å². The summed E-state index contributed by atoms with van der Waals surface area (Å²) in [5, 5.41) is 18.4. The Morgan fingerprint density at radius 1 is 1.25 bits per heavy atom. The van der Waals surface area contributed by atoms with Crippen LogP contribution in [-0.4, -0.2) is 51.2 Å². The third kappa shape index (κ3) is 4.39. The zero-order valence-electron chi connectivity index (χ0n) is 16.6. The van der Waals surface area contributed by atoms with Gasteiger partial charge in [0, 0.05) is 18.2 Å². The molecular weight excluding hydrogens is 358 g/mol. The molecular formula is C20H27N5O3. The van der Waals surface area contributed by atoms with Crippen molar-refractivity contribution in [1.29, 1.82) is 0 Å². The molecule has 1 aliphatic rings. The molecule has 0 aliphatic carbocycles. The van der Waals surface area contributed by atoms with Crippen molar-refractivity contribution in [2.75, 3.05) is 19.6 Å². The number of aromatic nitrogens is 2. The van der Waals surface area contributed by atoms with E-state index in [9.17, 15) is 14.9 Å². The van der Waals surface area contributed by atoms with Gasteiger partial charge in [-0.25, -0.2) is 0 Å². The highest BCUT2D eigenvalue weighted by Crippen LogP contribution is 2.22. The molecule has 0 bridgehead atoms. The van der Waals surface area contributed by atoms with Crippen molar-refractivity contribution in [3.05, 3.63) is 56.9 Å². The molecule has 1 atom stereocenters. The molecule has 0 spiro atoms. The Bertz CT molecular complexity index is 853. The van der Waals surface area contributed by atoms with Gasteiger partial charge in [-0.3, -0.25) is 24.5 Å². The van der Waals surface area contributed by atoms with Crippen LogP contribution in [0.15, 0.2) is 24.3 Å². The third-order valence-corrected chi connectivity index (χ3v) is 5.40. The lowest BCUT2D eigenvalue weighted by atomic mass is 10.1. The maximum atomic E-state index is 12.4. The first-order chi connectivity index (χ1) is 13.4. The van der Waals surface area contributed by atoms with Gasteiger partial charge in [-0.05, 0) is 64.4 Å². The number of nitrogens with zero attached hydrogens (tertiary/aromatic N) is 4. The van der Waals surface area contributed by atoms with Crippen molar-refractivity contribution >= 4 is 11.6 Å². The topological polar surface area (TPSA) is 93.3 Å². The molecule has 1 unspecified atom stereocenters. The summed E-state index contributed by atoms with van der Waals surface area (Å²) in [7, 11) is 0. The van der Waals surface area contributed by atoms with Crippen LogP contribution in [0.25, 0.3) is 0 Å². The first-order valence-corrected chi connectivity index (χ1v) is 9.66. The number of carbonyl (C=O) groups excluding carboxylic acids is 1. The van der Waals surface area contributed by atoms with Gasteiger partial charge in [-0.15, -0.1) is 0 Å². The zero-order valence-corrected chi connectivity index (χ0v) is 16.6. The monoisotopic (exact) mass is 385 g/mol. The lowest BCUT2D eigenvalue weighted by molar-refractivity contribution is -0.386. The van der Waals surface area contributed by atoms with Gasteiger partial charge in [0.05, 0.1) is 11.5 Å². The molecule has 1 aromatic heterocycles. The second kappa shape index (κ2) is 8.52. The molecule has 0 saturated carbocycles. The van der Waals surface area contributed by atoms with E-state index >= 15 is 0 Å². The minimum absolute atomic E-state index is 0.0584. The van der Waals surface area contributed by atoms with Crippen molar-refractivity contribution < 1.29 is 9.72 Å². The fourth-order valence-electron chi connectivity index (χ4n) is 3.69. The Kier molecular flexibility index (Phi) is 6.08. The maximum absolute atomic E-state index is 12.4. The Balaban J connectivity index is 1.59. The van der Waals surface area contributed by atoms with Crippen LogP contribution >= 0.6 is 0 Å². The summed E-state index contributed by atoms with van der Waals surface area (Å²) in [5.41, 5.74) is 2.54. The molecule has 2 aromatic rings. The van der Waals surface area contributed by atoms with Crippen LogP contribution in [0.2, 0.25) is 0 Å². The van der Waals surface area contributed by atoms with Crippen molar-refractivity contribution in [2.24, 2.45) is 0 Å². The van der Waals surface area contributed by atoms with E-state index in [2.05, 4.69) is 22.2 Å². The SMILES string of the molecule is Cc1nn(Cc2ccc(C(=O)NCC(C)N3CCCC3)cc2)c(C)c1[N+](=O)[O-]. The van der Waals surface area contributed by atoms with Gasteiger partial charge in [-0.2, -0.15) is 5.10 Å². The third-order valence-electron chi connectivity index (χ3n) is 5.40. The highest BCUT2D eigenvalue weighted by atomic mass is 16.6. The summed E-state index contributed by atoms with van der Waals surface area (Å²) >= 11 is 0. The number of nitro groups is 1. The molecule has 0 radical (unpaired) electrons. The number of carbonyl (C=O) groups is 1. The molecule has 1 saturated heterocycles. The van der Waals surface area contributed by atoms with E-state index in [-0.39, 0.29) is 11.6 Å². The number of aryl methyl sites for hydroxylation is 1. The number of likely N-dealkylation sites (tertiary alicyclic amines) is 1. The van der Waals surface area contributed by atoms with E-state index < -0.39 is 4.92 Å². The molecule has 150 valence electrons. The van der Waals surface area contributed by atoms with Gasteiger partial charge < -0.3 is 5.32 Å². The average Bonchev–Trinajstić information content (AvgIpc) is 3.29. The highest BCUT2D eigenvalue weighted by molar-refractivity contribution is 5.94. The van der Waals surface area contributed by atoms with Crippen LogP contribution in [-0.2, 0) is 6.54 Å². The molecule has 3 rings (SSSR count). The highest BCUT2D eigenvalue weighted by Gasteiger charge is 2.22. The number of nitrogens with one attached hydrogen (secondary N) is 1. The second-order valence-corrected chi connectivity index (χ2v) is 7.43. The molecule has 1 aromatic carbocycles. The van der Waals surface area contributed by atoms with Gasteiger partial charge in [0.25, 0.3) is 5.91 Å². The van der Waals surface area contributed by atoms with Crippen LogP contribution < -0.4 is 5.32 Å². The Morgan fingerprint density at radius 3 is 2.46 bits per heavy atom. The van der Waals surface area contributed by atoms with E-state index in [0.29, 0.717) is 36.1 Å². The van der Waals surface area contributed by atoms with E-state index in [4.69, 9.17) is 0 Å². The second-order valence-electron chi connectivity index (χ2n) is 7.43. The van der Waals surface area contributed by atoms with Gasteiger partial charge in [0.15, 0.2) is 0 Å². The molecule has 8 heteroatoms. The quantitative estimate of drug-likeness (QED) is 0.584. The summed E-state index contributed by atoms with van der Waals surface area (Å²) < 4.78 is 1.63. The molecule has 1 N–H and O–H groups in total. The Hall–Kier alpha value is -2.74. The molecule has 1 aliphatic heterocycles. The predicted molar refractivity (Wildman–Crippen MR) is 107 cm³/mol. The number of benzene rings is 1. The van der Waals surface area contributed by atoms with Crippen LogP contribution in [0.3, 0.4) is 0 Å². The molecule has 28 heavy (non-hydrogen) atoms. The standard InChI is InChI=1S/C20H27N5O3/c1-14(23-10-4-5-11-23)12-21-20(26)18-8-6-17(7-9-18)13-24-16(3)19(25(27)28)15(2)22-24/h6-9,14H,4-5,10-13H2,1-3H3,(H,21,26). The lowest BCUT2D eigenvalue weighted by Gasteiger charge is -2.23. The molecule has 8 nitrogen and oxygen atoms in total. The van der Waals surface area contributed by atoms with Crippen molar-refractivity contribution in [1.82, 2.24) is 20.0 Å². The number of hydrogen-bond donors (Lipinski definition) is 1. The fraction of sp³-hybridized carbons (Fsp3) is 0.500. The van der Waals surface area contributed by atoms with E-state index in [1.165, 1.54) is 12.8 Å². The van der Waals surface area contributed by atoms with Crippen LogP contribution in [0.5, 0.6) is 0 Å². The smallest absolute Gasteiger partial charge is 0.312 e. The molecule has 1 fully saturated rings. The largest absolute Gasteiger partial charge is 0.350 e. The van der Waals surface area contributed by atoms with E-state index in [1.54, 1.807) is 30.7 Å². The molecule has 2 heterocycles. The minimum atomic E-state index is -0.398. The normalized spacial score (nSPS) is 15.5. The van der Waals surface area contributed by atoms with E-state index in [1.807, 2.05) is 12.1 Å². The Labute approximate surface area is 164 Å². The first kappa shape index (κ1) is 20.0. The van der Waals surface area contributed by atoms with Crippen LogP contribution in [0.1, 0.15) is 47.1 Å². The van der Waals surface area contributed by atoms with Crippen LogP contribution in [0.4, 0.5) is 5.69 Å². The summed E-state index contributed by atoms with van der Waals surface area (Å²) in [6.45, 7) is 8.75. The van der Waals surface area contributed by atoms with Crippen molar-refractivity contribution in [2.45, 2.75) is 46.2 Å². The summed E-state index contributed by atoms with van der Waals surface area (Å²) in [4.78, 5) is 25.5. The Morgan fingerprint density at radius 2 is 1.89 bits per heavy atom. The van der Waals surface area contributed by atoms with Gasteiger partial charge >= 0.3 is 5.69 Å². The lowest BCUT2D eigenvalue weighted by Crippen LogP contribution is -2.40. The zero-order chi connectivity index (χ0) is 20.3. The maximum Gasteiger partial charge on any atom is 0.312 e. The summed E-state index contributed by atoms with van der Waals surface area (Å²) in [6, 6.07) is 7.63. The molecule has 1 amide bonds. The van der Waals surface area contributed by atoms with Crippen molar-refractivity contribution in [3.8, 4) is 0 Å². The van der Waals surface area contributed by atoms with Gasteiger partial charge in [0.2, 0.25) is 0 Å².